The molecule has 0 amide bonds. The molecule has 0 unspecified atom stereocenters. The average Bonchev–Trinajstić information content (AvgIpc) is 2.35. The SMILES string of the molecule is COc1ccc(/C=C/C(=O)[O-])c([O-])c1CC=C(C)C.[Mg+2]. The Kier molecular flexibility index (Phi) is 8.02. The first kappa shape index (κ1) is 18.5. The molecule has 0 saturated heterocycles. The van der Waals surface area contributed by atoms with Gasteiger partial charge in [0.25, 0.3) is 0 Å². The van der Waals surface area contributed by atoms with Crippen LogP contribution in [-0.4, -0.2) is 36.1 Å². The summed E-state index contributed by atoms with van der Waals surface area (Å²) in [6, 6.07) is 3.19. The Hall–Kier alpha value is -1.46. The van der Waals surface area contributed by atoms with Crippen molar-refractivity contribution in [3.05, 3.63) is 41.0 Å². The summed E-state index contributed by atoms with van der Waals surface area (Å²) in [5, 5.41) is 22.6. The second-order valence-corrected chi connectivity index (χ2v) is 4.30. The molecule has 20 heavy (non-hydrogen) atoms. The quantitative estimate of drug-likeness (QED) is 0.452. The number of methoxy groups -OCH3 is 1. The van der Waals surface area contributed by atoms with E-state index in [4.69, 9.17) is 4.74 Å². The first-order chi connectivity index (χ1) is 8.95. The fraction of sp³-hybridized carbons (Fsp3) is 0.267. The van der Waals surface area contributed by atoms with Crippen molar-refractivity contribution in [2.24, 2.45) is 0 Å². The van der Waals surface area contributed by atoms with Crippen LogP contribution in [0.25, 0.3) is 6.08 Å². The van der Waals surface area contributed by atoms with Crippen LogP contribution in [0.5, 0.6) is 11.5 Å². The van der Waals surface area contributed by atoms with Gasteiger partial charge in [0, 0.05) is 0 Å². The van der Waals surface area contributed by atoms with Crippen molar-refractivity contribution in [3.8, 4) is 11.5 Å². The van der Waals surface area contributed by atoms with Crippen molar-refractivity contribution in [2.75, 3.05) is 7.11 Å². The van der Waals surface area contributed by atoms with Crippen LogP contribution in [0.1, 0.15) is 25.0 Å². The van der Waals surface area contributed by atoms with Gasteiger partial charge in [-0.2, -0.15) is 0 Å². The van der Waals surface area contributed by atoms with E-state index < -0.39 is 5.97 Å². The standard InChI is InChI=1S/C15H18O4.Mg/c1-10(2)4-7-12-13(19-3)8-5-11(15(12)18)6-9-14(16)17;/h4-6,8-9,18H,7H2,1-3H3,(H,16,17);/q;+2/p-2/b9-6+;. The number of carbonyl (C=O) groups is 1. The summed E-state index contributed by atoms with van der Waals surface area (Å²) in [4.78, 5) is 10.4. The molecule has 0 atom stereocenters. The van der Waals surface area contributed by atoms with E-state index in [0.717, 1.165) is 11.6 Å². The molecular formula is C15H16MgO4. The Morgan fingerprint density at radius 1 is 1.35 bits per heavy atom. The van der Waals surface area contributed by atoms with E-state index in [-0.39, 0.29) is 28.8 Å². The molecule has 0 saturated carbocycles. The topological polar surface area (TPSA) is 72.4 Å². The number of benzene rings is 1. The number of ether oxygens (including phenoxy) is 1. The van der Waals surface area contributed by atoms with Gasteiger partial charge in [0.05, 0.1) is 13.1 Å². The number of aliphatic carboxylic acids is 1. The van der Waals surface area contributed by atoms with Gasteiger partial charge in [-0.25, -0.2) is 0 Å². The fourth-order valence-electron chi connectivity index (χ4n) is 1.61. The normalized spacial score (nSPS) is 9.95. The molecule has 1 aromatic rings. The summed E-state index contributed by atoms with van der Waals surface area (Å²) >= 11 is 0. The molecule has 0 heterocycles. The van der Waals surface area contributed by atoms with Crippen molar-refractivity contribution in [2.45, 2.75) is 20.3 Å². The minimum Gasteiger partial charge on any atom is -0.872 e. The van der Waals surface area contributed by atoms with E-state index in [1.165, 1.54) is 19.3 Å². The third-order valence-corrected chi connectivity index (χ3v) is 2.58. The molecule has 0 aliphatic rings. The van der Waals surface area contributed by atoms with Crippen molar-refractivity contribution < 1.29 is 19.7 Å². The van der Waals surface area contributed by atoms with Crippen LogP contribution in [0.15, 0.2) is 29.9 Å². The van der Waals surface area contributed by atoms with E-state index in [0.29, 0.717) is 23.3 Å². The summed E-state index contributed by atoms with van der Waals surface area (Å²) in [5.41, 5.74) is 1.92. The molecule has 5 heteroatoms. The Labute approximate surface area is 134 Å². The predicted molar refractivity (Wildman–Crippen MR) is 75.4 cm³/mol. The largest absolute Gasteiger partial charge is 2.00 e. The first-order valence-corrected chi connectivity index (χ1v) is 5.85. The van der Waals surface area contributed by atoms with Gasteiger partial charge >= 0.3 is 23.1 Å². The molecule has 0 fully saturated rings. The summed E-state index contributed by atoms with van der Waals surface area (Å²) < 4.78 is 5.16. The number of rotatable bonds is 5. The minimum atomic E-state index is -1.33. The molecule has 0 N–H and O–H groups in total. The number of carboxylic acid groups (broad SMARTS) is 1. The monoisotopic (exact) mass is 284 g/mol. The van der Waals surface area contributed by atoms with Gasteiger partial charge < -0.3 is 19.7 Å². The molecule has 0 aliphatic heterocycles. The second kappa shape index (κ2) is 8.66. The van der Waals surface area contributed by atoms with Gasteiger partial charge in [-0.3, -0.25) is 0 Å². The number of carboxylic acids is 1. The van der Waals surface area contributed by atoms with Gasteiger partial charge in [-0.15, -0.1) is 0 Å². The van der Waals surface area contributed by atoms with E-state index in [9.17, 15) is 15.0 Å². The molecule has 0 spiro atoms. The molecule has 4 nitrogen and oxygen atoms in total. The van der Waals surface area contributed by atoms with E-state index in [2.05, 4.69) is 0 Å². The van der Waals surface area contributed by atoms with Gasteiger partial charge in [0.2, 0.25) is 0 Å². The van der Waals surface area contributed by atoms with E-state index >= 15 is 0 Å². The summed E-state index contributed by atoms with van der Waals surface area (Å²) in [6.45, 7) is 3.88. The van der Waals surface area contributed by atoms with Crippen molar-refractivity contribution in [3.63, 3.8) is 0 Å². The van der Waals surface area contributed by atoms with Crippen LogP contribution >= 0.6 is 0 Å². The number of hydrogen-bond acceptors (Lipinski definition) is 4. The molecule has 0 aliphatic carbocycles. The summed E-state index contributed by atoms with van der Waals surface area (Å²) in [7, 11) is 1.50. The third-order valence-electron chi connectivity index (χ3n) is 2.58. The van der Waals surface area contributed by atoms with Crippen molar-refractivity contribution in [1.29, 1.82) is 0 Å². The van der Waals surface area contributed by atoms with Gasteiger partial charge in [-0.1, -0.05) is 29.5 Å². The Balaban J connectivity index is 0.00000361. The Morgan fingerprint density at radius 3 is 2.50 bits per heavy atom. The number of hydrogen-bond donors (Lipinski definition) is 0. The van der Waals surface area contributed by atoms with Crippen LogP contribution < -0.4 is 14.9 Å². The smallest absolute Gasteiger partial charge is 0.872 e. The van der Waals surface area contributed by atoms with Gasteiger partial charge in [-0.05, 0) is 43.5 Å². The van der Waals surface area contributed by atoms with Crippen LogP contribution in [0, 0.1) is 0 Å². The third kappa shape index (κ3) is 5.26. The van der Waals surface area contributed by atoms with Crippen LogP contribution in [0.2, 0.25) is 0 Å². The maximum atomic E-state index is 12.2. The predicted octanol–water partition coefficient (Wildman–Crippen LogP) is 0.660. The molecule has 1 rings (SSSR count). The van der Waals surface area contributed by atoms with Crippen LogP contribution in [-0.2, 0) is 11.2 Å². The first-order valence-electron chi connectivity index (χ1n) is 5.85. The van der Waals surface area contributed by atoms with Crippen molar-refractivity contribution in [1.82, 2.24) is 0 Å². The molecule has 0 bridgehead atoms. The molecule has 0 radical (unpaired) electrons. The van der Waals surface area contributed by atoms with E-state index in [1.54, 1.807) is 6.07 Å². The van der Waals surface area contributed by atoms with Crippen LogP contribution in [0.3, 0.4) is 0 Å². The van der Waals surface area contributed by atoms with Gasteiger partial charge in [0.1, 0.15) is 5.75 Å². The summed E-state index contributed by atoms with van der Waals surface area (Å²) in [6.07, 6.45) is 4.46. The number of allylic oxidation sites excluding steroid dienone is 2. The van der Waals surface area contributed by atoms with Crippen LogP contribution in [0.4, 0.5) is 0 Å². The molecule has 0 aromatic heterocycles. The molecular weight excluding hydrogens is 268 g/mol. The zero-order valence-electron chi connectivity index (χ0n) is 11.9. The minimum absolute atomic E-state index is 0. The maximum Gasteiger partial charge on any atom is 2.00 e. The molecule has 102 valence electrons. The zero-order valence-corrected chi connectivity index (χ0v) is 13.3. The van der Waals surface area contributed by atoms with E-state index in [1.807, 2.05) is 19.9 Å². The summed E-state index contributed by atoms with van der Waals surface area (Å²) in [5.74, 6) is -1.05. The number of carbonyl (C=O) groups excluding carboxylic acids is 1. The second-order valence-electron chi connectivity index (χ2n) is 4.30. The molecule has 1 aromatic carbocycles. The van der Waals surface area contributed by atoms with Gasteiger partial charge in [0.15, 0.2) is 0 Å². The average molecular weight is 285 g/mol. The van der Waals surface area contributed by atoms with Crippen molar-refractivity contribution >= 4 is 35.1 Å². The Bertz CT molecular complexity index is 529. The zero-order chi connectivity index (χ0) is 14.4. The Morgan fingerprint density at radius 2 is 2.00 bits per heavy atom. The maximum absolute atomic E-state index is 12.2. The fourth-order valence-corrected chi connectivity index (χ4v) is 1.61.